The molecule has 11 atom stereocenters. The Labute approximate surface area is 197 Å². The first-order valence-corrected chi connectivity index (χ1v) is 13.1. The van der Waals surface area contributed by atoms with E-state index in [2.05, 4.69) is 33.8 Å². The van der Waals surface area contributed by atoms with E-state index in [1.807, 2.05) is 13.0 Å². The predicted molar refractivity (Wildman–Crippen MR) is 124 cm³/mol. The highest BCUT2D eigenvalue weighted by atomic mass is 16.7. The number of epoxide rings is 1. The first-order chi connectivity index (χ1) is 15.4. The Morgan fingerprint density at radius 3 is 2.58 bits per heavy atom. The summed E-state index contributed by atoms with van der Waals surface area (Å²) in [6, 6.07) is 0. The summed E-state index contributed by atoms with van der Waals surface area (Å²) in [7, 11) is 0. The quantitative estimate of drug-likeness (QED) is 0.478. The Kier molecular flexibility index (Phi) is 4.49. The Morgan fingerprint density at radius 1 is 1.12 bits per heavy atom. The van der Waals surface area contributed by atoms with E-state index in [1.54, 1.807) is 6.08 Å². The van der Waals surface area contributed by atoms with E-state index in [0.29, 0.717) is 24.2 Å². The maximum absolute atomic E-state index is 13.1. The zero-order valence-corrected chi connectivity index (χ0v) is 20.8. The molecule has 2 heterocycles. The number of ether oxygens (including phenoxy) is 2. The van der Waals surface area contributed by atoms with Gasteiger partial charge in [0, 0.05) is 12.3 Å². The van der Waals surface area contributed by atoms with Crippen molar-refractivity contribution in [3.05, 3.63) is 23.8 Å². The van der Waals surface area contributed by atoms with Crippen molar-refractivity contribution in [2.75, 3.05) is 0 Å². The number of carbonyl (C=O) groups excluding carboxylic acids is 1. The SMILES string of the molecule is CC(C1CC2(C)OC2(C)C(O)O1)C1(O)CCC2C3CC=C4CC=CC(=O)C4(C)C3CCC21C. The summed E-state index contributed by atoms with van der Waals surface area (Å²) in [6.07, 6.45) is 11.2. The number of rotatable bonds is 2. The molecular weight excluding hydrogens is 416 g/mol. The molecule has 0 amide bonds. The fourth-order valence-corrected chi connectivity index (χ4v) is 9.29. The molecule has 0 aromatic rings. The molecule has 2 saturated carbocycles. The van der Waals surface area contributed by atoms with E-state index in [4.69, 9.17) is 9.47 Å². The van der Waals surface area contributed by atoms with Gasteiger partial charge in [-0.3, -0.25) is 4.79 Å². The van der Waals surface area contributed by atoms with Crippen LogP contribution in [-0.2, 0) is 14.3 Å². The van der Waals surface area contributed by atoms with Gasteiger partial charge in [0.15, 0.2) is 12.1 Å². The van der Waals surface area contributed by atoms with Gasteiger partial charge in [-0.2, -0.15) is 0 Å². The molecule has 2 saturated heterocycles. The molecule has 33 heavy (non-hydrogen) atoms. The Hall–Kier alpha value is -1.01. The average Bonchev–Trinajstić information content (AvgIpc) is 3.24. The third-order valence-electron chi connectivity index (χ3n) is 11.9. The van der Waals surface area contributed by atoms with Crippen molar-refractivity contribution in [1.82, 2.24) is 0 Å². The summed E-state index contributed by atoms with van der Waals surface area (Å²) in [5.41, 5.74) is -1.15. The first-order valence-electron chi connectivity index (χ1n) is 13.1. The third kappa shape index (κ3) is 2.55. The summed E-state index contributed by atoms with van der Waals surface area (Å²) < 4.78 is 12.0. The molecule has 0 aromatic carbocycles. The molecular formula is C28H40O5. The predicted octanol–water partition coefficient (Wildman–Crippen LogP) is 4.32. The largest absolute Gasteiger partial charge is 0.389 e. The normalized spacial score (nSPS) is 58.0. The second-order valence-corrected chi connectivity index (χ2v) is 12.9. The first kappa shape index (κ1) is 22.5. The van der Waals surface area contributed by atoms with Crippen LogP contribution >= 0.6 is 0 Å². The number of aliphatic hydroxyl groups is 2. The molecule has 4 fully saturated rings. The second kappa shape index (κ2) is 6.60. The summed E-state index contributed by atoms with van der Waals surface area (Å²) >= 11 is 0. The molecule has 2 N–H and O–H groups in total. The highest BCUT2D eigenvalue weighted by Crippen LogP contribution is 2.68. The van der Waals surface area contributed by atoms with E-state index < -0.39 is 17.5 Å². The minimum absolute atomic E-state index is 0.103. The molecule has 5 heteroatoms. The second-order valence-electron chi connectivity index (χ2n) is 12.9. The smallest absolute Gasteiger partial charge is 0.186 e. The maximum atomic E-state index is 13.1. The van der Waals surface area contributed by atoms with Crippen molar-refractivity contribution in [3.8, 4) is 0 Å². The lowest BCUT2D eigenvalue weighted by molar-refractivity contribution is -0.231. The van der Waals surface area contributed by atoms with Crippen molar-refractivity contribution >= 4 is 5.78 Å². The van der Waals surface area contributed by atoms with Gasteiger partial charge in [-0.05, 0) is 88.5 Å². The number of allylic oxidation sites excluding steroid dienone is 4. The number of carbonyl (C=O) groups is 1. The molecule has 0 bridgehead atoms. The summed E-state index contributed by atoms with van der Waals surface area (Å²) in [4.78, 5) is 13.1. The van der Waals surface area contributed by atoms with Crippen LogP contribution in [0.2, 0.25) is 0 Å². The third-order valence-corrected chi connectivity index (χ3v) is 11.9. The van der Waals surface area contributed by atoms with Gasteiger partial charge in [0.05, 0.1) is 17.1 Å². The van der Waals surface area contributed by atoms with Crippen LogP contribution in [0.4, 0.5) is 0 Å². The van der Waals surface area contributed by atoms with Crippen molar-refractivity contribution in [2.45, 2.75) is 109 Å². The fourth-order valence-electron chi connectivity index (χ4n) is 9.29. The van der Waals surface area contributed by atoms with Crippen molar-refractivity contribution in [3.63, 3.8) is 0 Å². The lowest BCUT2D eigenvalue weighted by Crippen LogP contribution is -2.60. The number of aliphatic hydroxyl groups excluding tert-OH is 1. The van der Waals surface area contributed by atoms with E-state index in [-0.39, 0.29) is 34.2 Å². The van der Waals surface area contributed by atoms with E-state index in [1.165, 1.54) is 5.57 Å². The Balaban J connectivity index is 1.29. The van der Waals surface area contributed by atoms with Gasteiger partial charge < -0.3 is 19.7 Å². The minimum Gasteiger partial charge on any atom is -0.389 e. The van der Waals surface area contributed by atoms with Crippen molar-refractivity contribution in [2.24, 2.45) is 34.5 Å². The fraction of sp³-hybridized carbons (Fsp3) is 0.821. The van der Waals surface area contributed by atoms with Crippen LogP contribution in [-0.4, -0.2) is 45.2 Å². The lowest BCUT2D eigenvalue weighted by Gasteiger charge is -2.58. The van der Waals surface area contributed by atoms with E-state index >= 15 is 0 Å². The topological polar surface area (TPSA) is 79.3 Å². The molecule has 0 aromatic heterocycles. The summed E-state index contributed by atoms with van der Waals surface area (Å²) in [5.74, 6) is 1.35. The zero-order chi connectivity index (χ0) is 23.6. The van der Waals surface area contributed by atoms with Gasteiger partial charge in [0.25, 0.3) is 0 Å². The van der Waals surface area contributed by atoms with Gasteiger partial charge >= 0.3 is 0 Å². The summed E-state index contributed by atoms with van der Waals surface area (Å²) in [5, 5.41) is 23.0. The molecule has 0 radical (unpaired) electrons. The van der Waals surface area contributed by atoms with Crippen LogP contribution in [0.5, 0.6) is 0 Å². The van der Waals surface area contributed by atoms with Gasteiger partial charge in [0.1, 0.15) is 11.2 Å². The minimum atomic E-state index is -0.958. The van der Waals surface area contributed by atoms with E-state index in [9.17, 15) is 15.0 Å². The summed E-state index contributed by atoms with van der Waals surface area (Å²) in [6.45, 7) is 10.5. The number of hydrogen-bond donors (Lipinski definition) is 2. The van der Waals surface area contributed by atoms with Crippen LogP contribution < -0.4 is 0 Å². The number of ketones is 1. The van der Waals surface area contributed by atoms with Crippen molar-refractivity contribution < 1.29 is 24.5 Å². The van der Waals surface area contributed by atoms with Crippen LogP contribution in [0, 0.1) is 34.5 Å². The molecule has 5 nitrogen and oxygen atoms in total. The molecule has 182 valence electrons. The van der Waals surface area contributed by atoms with Crippen LogP contribution in [0.15, 0.2) is 23.8 Å². The molecule has 2 aliphatic heterocycles. The highest BCUT2D eigenvalue weighted by molar-refractivity contribution is 5.98. The Morgan fingerprint density at radius 2 is 1.85 bits per heavy atom. The van der Waals surface area contributed by atoms with Crippen LogP contribution in [0.25, 0.3) is 0 Å². The Bertz CT molecular complexity index is 956. The van der Waals surface area contributed by atoms with E-state index in [0.717, 1.165) is 38.5 Å². The standard InChI is InChI=1S/C28H40O5/c1-16(21-15-25(3)27(5,33-25)23(30)32-21)28(31)14-12-19-18-10-9-17-7-6-8-22(29)26(17,4)20(18)11-13-24(19,28)2/h6,8-9,16,18-21,23,30-31H,7,10-15H2,1-5H3. The highest BCUT2D eigenvalue weighted by Gasteiger charge is 2.73. The van der Waals surface area contributed by atoms with Crippen molar-refractivity contribution in [1.29, 1.82) is 0 Å². The number of fused-ring (bicyclic) bond motifs is 6. The van der Waals surface area contributed by atoms with Crippen LogP contribution in [0.3, 0.4) is 0 Å². The lowest BCUT2D eigenvalue weighted by atomic mass is 9.46. The molecule has 6 aliphatic rings. The zero-order valence-electron chi connectivity index (χ0n) is 20.8. The monoisotopic (exact) mass is 456 g/mol. The van der Waals surface area contributed by atoms with Crippen LogP contribution in [0.1, 0.15) is 79.6 Å². The molecule has 11 unspecified atom stereocenters. The number of hydrogen-bond acceptors (Lipinski definition) is 5. The molecule has 6 rings (SSSR count). The average molecular weight is 457 g/mol. The van der Waals surface area contributed by atoms with Gasteiger partial charge in [-0.1, -0.05) is 31.6 Å². The van der Waals surface area contributed by atoms with Gasteiger partial charge in [-0.15, -0.1) is 0 Å². The molecule has 0 spiro atoms. The maximum Gasteiger partial charge on any atom is 0.186 e. The molecule has 4 aliphatic carbocycles. The van der Waals surface area contributed by atoms with Gasteiger partial charge in [0.2, 0.25) is 0 Å². The van der Waals surface area contributed by atoms with Gasteiger partial charge in [-0.25, -0.2) is 0 Å².